The molecule has 0 aliphatic heterocycles. The van der Waals surface area contributed by atoms with E-state index in [-0.39, 0.29) is 47.3 Å². The molecule has 10 nitrogen and oxygen atoms in total. The number of ether oxygens (including phenoxy) is 2. The molecule has 0 saturated heterocycles. The molecule has 2 N–H and O–H groups in total. The predicted molar refractivity (Wildman–Crippen MR) is 124 cm³/mol. The van der Waals surface area contributed by atoms with Crippen LogP contribution in [0.4, 0.5) is 0 Å². The molecule has 182 valence electrons. The second-order valence-electron chi connectivity index (χ2n) is 6.78. The van der Waals surface area contributed by atoms with Gasteiger partial charge in [-0.05, 0) is 42.5 Å². The van der Waals surface area contributed by atoms with Crippen LogP contribution < -0.4 is 19.5 Å². The minimum Gasteiger partial charge on any atom is -0.497 e. The first-order chi connectivity index (χ1) is 15.6. The van der Waals surface area contributed by atoms with Crippen molar-refractivity contribution in [3.63, 3.8) is 0 Å². The van der Waals surface area contributed by atoms with Crippen molar-refractivity contribution in [2.24, 2.45) is 0 Å². The van der Waals surface area contributed by atoms with Gasteiger partial charge in [0, 0.05) is 31.7 Å². The first-order valence-electron chi connectivity index (χ1n) is 10.2. The molecule has 0 fully saturated rings. The van der Waals surface area contributed by atoms with E-state index in [1.807, 2.05) is 0 Å². The van der Waals surface area contributed by atoms with Crippen LogP contribution in [0.15, 0.2) is 52.3 Å². The lowest BCUT2D eigenvalue weighted by Crippen LogP contribution is -2.35. The number of hydrogen-bond acceptors (Lipinski definition) is 7. The van der Waals surface area contributed by atoms with Crippen LogP contribution in [0.5, 0.6) is 11.5 Å². The van der Waals surface area contributed by atoms with Gasteiger partial charge in [-0.15, -0.1) is 0 Å². The molecular formula is C21H29N3O7S2. The van der Waals surface area contributed by atoms with Gasteiger partial charge in [0.15, 0.2) is 0 Å². The van der Waals surface area contributed by atoms with Gasteiger partial charge in [-0.1, -0.05) is 13.8 Å². The SMILES string of the molecule is CCN(CC)S(=O)(=O)c1cc(C(=O)NCCNS(=O)(=O)c2ccc(OC)cc2)ccc1OC. The Labute approximate surface area is 195 Å². The Bertz CT molecular complexity index is 1160. The van der Waals surface area contributed by atoms with Crippen LogP contribution >= 0.6 is 0 Å². The molecule has 1 amide bonds. The normalized spacial score (nSPS) is 11.9. The Balaban J connectivity index is 2.07. The van der Waals surface area contributed by atoms with E-state index in [1.165, 1.54) is 61.0 Å². The number of carbonyl (C=O) groups excluding carboxylic acids is 1. The van der Waals surface area contributed by atoms with Crippen LogP contribution in [0.1, 0.15) is 24.2 Å². The second-order valence-corrected chi connectivity index (χ2v) is 10.5. The van der Waals surface area contributed by atoms with Crippen molar-refractivity contribution in [1.82, 2.24) is 14.3 Å². The van der Waals surface area contributed by atoms with Crippen molar-refractivity contribution < 1.29 is 31.1 Å². The van der Waals surface area contributed by atoms with E-state index < -0.39 is 26.0 Å². The summed E-state index contributed by atoms with van der Waals surface area (Å²) < 4.78 is 64.4. The number of rotatable bonds is 12. The third-order valence-corrected chi connectivity index (χ3v) is 8.37. The molecule has 2 aromatic carbocycles. The summed E-state index contributed by atoms with van der Waals surface area (Å²) in [6.07, 6.45) is 0. The molecule has 0 bridgehead atoms. The van der Waals surface area contributed by atoms with E-state index in [9.17, 15) is 21.6 Å². The first-order valence-corrected chi connectivity index (χ1v) is 13.1. The molecule has 0 heterocycles. The second kappa shape index (κ2) is 11.5. The van der Waals surface area contributed by atoms with E-state index in [0.717, 1.165) is 0 Å². The molecular weight excluding hydrogens is 470 g/mol. The third-order valence-electron chi connectivity index (χ3n) is 4.82. The average molecular weight is 500 g/mol. The minimum atomic E-state index is -3.85. The van der Waals surface area contributed by atoms with Crippen molar-refractivity contribution >= 4 is 26.0 Å². The van der Waals surface area contributed by atoms with E-state index >= 15 is 0 Å². The van der Waals surface area contributed by atoms with Crippen molar-refractivity contribution in [2.75, 3.05) is 40.4 Å². The molecule has 2 rings (SSSR count). The van der Waals surface area contributed by atoms with Gasteiger partial charge >= 0.3 is 0 Å². The highest BCUT2D eigenvalue weighted by Gasteiger charge is 2.26. The Hall–Kier alpha value is -2.67. The van der Waals surface area contributed by atoms with Crippen molar-refractivity contribution in [2.45, 2.75) is 23.6 Å². The van der Waals surface area contributed by atoms with Gasteiger partial charge in [0.25, 0.3) is 5.91 Å². The van der Waals surface area contributed by atoms with Crippen LogP contribution in [-0.2, 0) is 20.0 Å². The number of benzene rings is 2. The molecule has 0 atom stereocenters. The molecule has 0 radical (unpaired) electrons. The van der Waals surface area contributed by atoms with E-state index in [4.69, 9.17) is 9.47 Å². The third kappa shape index (κ3) is 6.44. The molecule has 0 spiro atoms. The van der Waals surface area contributed by atoms with Gasteiger partial charge in [0.05, 0.1) is 19.1 Å². The van der Waals surface area contributed by atoms with E-state index in [0.29, 0.717) is 5.75 Å². The van der Waals surface area contributed by atoms with Gasteiger partial charge in [-0.25, -0.2) is 21.6 Å². The molecule has 0 saturated carbocycles. The summed E-state index contributed by atoms with van der Waals surface area (Å²) in [5, 5.41) is 2.58. The lowest BCUT2D eigenvalue weighted by molar-refractivity contribution is 0.0954. The van der Waals surface area contributed by atoms with Gasteiger partial charge in [-0.3, -0.25) is 4.79 Å². The van der Waals surface area contributed by atoms with Gasteiger partial charge in [-0.2, -0.15) is 4.31 Å². The highest BCUT2D eigenvalue weighted by atomic mass is 32.2. The van der Waals surface area contributed by atoms with E-state index in [1.54, 1.807) is 13.8 Å². The molecule has 2 aromatic rings. The number of carbonyl (C=O) groups is 1. The summed E-state index contributed by atoms with van der Waals surface area (Å²) in [5.41, 5.74) is 0.111. The molecule has 0 aromatic heterocycles. The maximum absolute atomic E-state index is 12.9. The largest absolute Gasteiger partial charge is 0.497 e. The van der Waals surface area contributed by atoms with Crippen molar-refractivity contribution in [3.05, 3.63) is 48.0 Å². The van der Waals surface area contributed by atoms with E-state index in [2.05, 4.69) is 10.0 Å². The number of amides is 1. The number of nitrogens with zero attached hydrogens (tertiary/aromatic N) is 1. The van der Waals surface area contributed by atoms with Crippen LogP contribution in [0.25, 0.3) is 0 Å². The fraction of sp³-hybridized carbons (Fsp3) is 0.381. The average Bonchev–Trinajstić information content (AvgIpc) is 2.81. The molecule has 0 unspecified atom stereocenters. The Morgan fingerprint density at radius 2 is 1.55 bits per heavy atom. The molecule has 33 heavy (non-hydrogen) atoms. The molecule has 0 aliphatic rings. The lowest BCUT2D eigenvalue weighted by Gasteiger charge is -2.20. The standard InChI is InChI=1S/C21H29N3O7S2/c1-5-24(6-2)33(28,29)20-15-16(7-12-19(20)31-4)21(25)22-13-14-23-32(26,27)18-10-8-17(30-3)9-11-18/h7-12,15,23H,5-6,13-14H2,1-4H3,(H,22,25). The maximum atomic E-state index is 12.9. The van der Waals surface area contributed by atoms with Gasteiger partial charge in [0.2, 0.25) is 20.0 Å². The lowest BCUT2D eigenvalue weighted by atomic mass is 10.2. The number of hydrogen-bond donors (Lipinski definition) is 2. The fourth-order valence-electron chi connectivity index (χ4n) is 3.02. The summed E-state index contributed by atoms with van der Waals surface area (Å²) in [4.78, 5) is 12.5. The fourth-order valence-corrected chi connectivity index (χ4v) is 5.70. The Morgan fingerprint density at radius 1 is 0.909 bits per heavy atom. The minimum absolute atomic E-state index is 0.00161. The van der Waals surface area contributed by atoms with Crippen LogP contribution in [0.2, 0.25) is 0 Å². The predicted octanol–water partition coefficient (Wildman–Crippen LogP) is 1.44. The van der Waals surface area contributed by atoms with Crippen LogP contribution in [-0.4, -0.2) is 67.4 Å². The molecule has 12 heteroatoms. The zero-order valence-electron chi connectivity index (χ0n) is 19.0. The molecule has 0 aliphatic carbocycles. The quantitative estimate of drug-likeness (QED) is 0.423. The maximum Gasteiger partial charge on any atom is 0.251 e. The summed E-state index contributed by atoms with van der Waals surface area (Å²) in [6, 6.07) is 10.00. The summed E-state index contributed by atoms with van der Waals surface area (Å²) >= 11 is 0. The summed E-state index contributed by atoms with van der Waals surface area (Å²) in [6.45, 7) is 3.92. The van der Waals surface area contributed by atoms with Crippen molar-refractivity contribution in [3.8, 4) is 11.5 Å². The zero-order chi connectivity index (χ0) is 24.6. The smallest absolute Gasteiger partial charge is 0.251 e. The summed E-state index contributed by atoms with van der Waals surface area (Å²) in [7, 11) is -4.78. The number of nitrogens with one attached hydrogen (secondary N) is 2. The van der Waals surface area contributed by atoms with Crippen LogP contribution in [0.3, 0.4) is 0 Å². The Morgan fingerprint density at radius 3 is 2.09 bits per heavy atom. The number of methoxy groups -OCH3 is 2. The van der Waals surface area contributed by atoms with Gasteiger partial charge in [0.1, 0.15) is 16.4 Å². The van der Waals surface area contributed by atoms with Crippen molar-refractivity contribution in [1.29, 1.82) is 0 Å². The number of sulfonamides is 2. The highest BCUT2D eigenvalue weighted by Crippen LogP contribution is 2.28. The Kier molecular flexibility index (Phi) is 9.23. The first kappa shape index (κ1) is 26.6. The summed E-state index contributed by atoms with van der Waals surface area (Å²) in [5.74, 6) is 0.117. The van der Waals surface area contributed by atoms with Gasteiger partial charge < -0.3 is 14.8 Å². The monoisotopic (exact) mass is 499 g/mol. The zero-order valence-corrected chi connectivity index (χ0v) is 20.6. The highest BCUT2D eigenvalue weighted by molar-refractivity contribution is 7.89. The van der Waals surface area contributed by atoms with Crippen LogP contribution in [0, 0.1) is 0 Å². The topological polar surface area (TPSA) is 131 Å².